The predicted octanol–water partition coefficient (Wildman–Crippen LogP) is 3.01. The number of imidazole rings is 1. The summed E-state index contributed by atoms with van der Waals surface area (Å²) in [6.07, 6.45) is 1.14. The topological polar surface area (TPSA) is 52.2 Å². The summed E-state index contributed by atoms with van der Waals surface area (Å²) >= 11 is 0. The Balaban J connectivity index is 1.39. The lowest BCUT2D eigenvalue weighted by atomic mass is 10.0. The van der Waals surface area contributed by atoms with Crippen molar-refractivity contribution in [3.05, 3.63) is 66.0 Å². The summed E-state index contributed by atoms with van der Waals surface area (Å²) in [5, 5.41) is 0. The summed E-state index contributed by atoms with van der Waals surface area (Å²) in [6.45, 7) is 2.44. The summed E-state index contributed by atoms with van der Waals surface area (Å²) in [7, 11) is 2.13. The highest BCUT2D eigenvalue weighted by Crippen LogP contribution is 2.24. The highest BCUT2D eigenvalue weighted by molar-refractivity contribution is 5.77. The van der Waals surface area contributed by atoms with Crippen molar-refractivity contribution in [2.45, 2.75) is 18.9 Å². The number of aromatic amines is 1. The molecule has 1 aliphatic rings. The Morgan fingerprint density at radius 3 is 2.69 bits per heavy atom. The molecule has 1 amide bonds. The van der Waals surface area contributed by atoms with E-state index in [1.807, 2.05) is 35.2 Å². The zero-order valence-corrected chi connectivity index (χ0v) is 15.1. The number of para-hydroxylation sites is 2. The number of amides is 1. The van der Waals surface area contributed by atoms with Crippen LogP contribution >= 0.6 is 0 Å². The van der Waals surface area contributed by atoms with Crippen molar-refractivity contribution in [1.82, 2.24) is 19.8 Å². The molecule has 0 spiro atoms. The molecule has 26 heavy (non-hydrogen) atoms. The minimum Gasteiger partial charge on any atom is -0.342 e. The van der Waals surface area contributed by atoms with Gasteiger partial charge in [0.1, 0.15) is 5.82 Å². The number of nitrogens with zero attached hydrogens (tertiary/aromatic N) is 3. The molecule has 1 aromatic heterocycles. The molecule has 134 valence electrons. The van der Waals surface area contributed by atoms with Crippen molar-refractivity contribution in [3.63, 3.8) is 0 Å². The van der Waals surface area contributed by atoms with Crippen LogP contribution in [0.1, 0.15) is 23.9 Å². The van der Waals surface area contributed by atoms with Gasteiger partial charge in [-0.25, -0.2) is 4.98 Å². The van der Waals surface area contributed by atoms with E-state index in [9.17, 15) is 4.79 Å². The smallest absolute Gasteiger partial charge is 0.223 e. The summed E-state index contributed by atoms with van der Waals surface area (Å²) < 4.78 is 0. The average Bonchev–Trinajstić information content (AvgIpc) is 3.10. The van der Waals surface area contributed by atoms with Gasteiger partial charge in [0.15, 0.2) is 0 Å². The molecule has 0 bridgehead atoms. The van der Waals surface area contributed by atoms with E-state index in [1.165, 1.54) is 5.56 Å². The average molecular weight is 348 g/mol. The van der Waals surface area contributed by atoms with Crippen molar-refractivity contribution in [2.24, 2.45) is 0 Å². The molecular formula is C21H24N4O. The number of benzene rings is 2. The number of aromatic nitrogens is 2. The molecule has 0 saturated carbocycles. The Morgan fingerprint density at radius 2 is 1.88 bits per heavy atom. The minimum absolute atomic E-state index is 0.208. The van der Waals surface area contributed by atoms with E-state index in [4.69, 9.17) is 0 Å². The molecule has 2 aromatic carbocycles. The van der Waals surface area contributed by atoms with Crippen LogP contribution in [0.4, 0.5) is 0 Å². The lowest BCUT2D eigenvalue weighted by Crippen LogP contribution is -2.49. The number of rotatable bonds is 4. The molecule has 3 aromatic rings. The number of piperazine rings is 1. The SMILES string of the molecule is CN1CCN(C(=O)CCc2nc3ccccc3[nH]2)C[C@H]1c1ccccc1. The van der Waals surface area contributed by atoms with Crippen LogP contribution in [0.15, 0.2) is 54.6 Å². The Morgan fingerprint density at radius 1 is 1.12 bits per heavy atom. The molecule has 1 atom stereocenters. The van der Waals surface area contributed by atoms with Crippen LogP contribution in [-0.4, -0.2) is 52.4 Å². The number of carbonyl (C=O) groups is 1. The molecule has 1 saturated heterocycles. The molecule has 1 aliphatic heterocycles. The van der Waals surface area contributed by atoms with E-state index in [0.717, 1.165) is 36.5 Å². The van der Waals surface area contributed by atoms with Crippen molar-refractivity contribution < 1.29 is 4.79 Å². The molecule has 4 rings (SSSR count). The first-order chi connectivity index (χ1) is 12.7. The van der Waals surface area contributed by atoms with Gasteiger partial charge >= 0.3 is 0 Å². The second-order valence-electron chi connectivity index (χ2n) is 6.95. The van der Waals surface area contributed by atoms with Gasteiger partial charge in [0.05, 0.1) is 17.1 Å². The molecule has 5 nitrogen and oxygen atoms in total. The fourth-order valence-electron chi connectivity index (χ4n) is 3.64. The van der Waals surface area contributed by atoms with E-state index in [0.29, 0.717) is 12.8 Å². The van der Waals surface area contributed by atoms with Crippen molar-refractivity contribution in [3.8, 4) is 0 Å². The number of aryl methyl sites for hydroxylation is 1. The van der Waals surface area contributed by atoms with Crippen LogP contribution in [0.3, 0.4) is 0 Å². The Kier molecular flexibility index (Phi) is 4.71. The van der Waals surface area contributed by atoms with Gasteiger partial charge in [-0.3, -0.25) is 9.69 Å². The first kappa shape index (κ1) is 16.8. The molecule has 1 fully saturated rings. The lowest BCUT2D eigenvalue weighted by Gasteiger charge is -2.39. The molecule has 2 heterocycles. The molecular weight excluding hydrogens is 324 g/mol. The van der Waals surface area contributed by atoms with E-state index < -0.39 is 0 Å². The molecule has 0 radical (unpaired) electrons. The normalized spacial score (nSPS) is 18.3. The highest BCUT2D eigenvalue weighted by atomic mass is 16.2. The maximum absolute atomic E-state index is 12.7. The number of hydrogen-bond donors (Lipinski definition) is 1. The third-order valence-electron chi connectivity index (χ3n) is 5.20. The van der Waals surface area contributed by atoms with Crippen LogP contribution < -0.4 is 0 Å². The summed E-state index contributed by atoms with van der Waals surface area (Å²) in [5.41, 5.74) is 3.25. The lowest BCUT2D eigenvalue weighted by molar-refractivity contribution is -0.134. The van der Waals surface area contributed by atoms with Crippen LogP contribution in [-0.2, 0) is 11.2 Å². The van der Waals surface area contributed by atoms with Crippen LogP contribution in [0.2, 0.25) is 0 Å². The molecule has 0 aliphatic carbocycles. The van der Waals surface area contributed by atoms with Gasteiger partial charge in [0.2, 0.25) is 5.91 Å². The van der Waals surface area contributed by atoms with Gasteiger partial charge in [0.25, 0.3) is 0 Å². The van der Waals surface area contributed by atoms with Crippen molar-refractivity contribution in [2.75, 3.05) is 26.7 Å². The Hall–Kier alpha value is -2.66. The van der Waals surface area contributed by atoms with Crippen LogP contribution in [0.5, 0.6) is 0 Å². The van der Waals surface area contributed by atoms with Gasteiger partial charge in [-0.05, 0) is 24.7 Å². The first-order valence-corrected chi connectivity index (χ1v) is 9.17. The quantitative estimate of drug-likeness (QED) is 0.788. The van der Waals surface area contributed by atoms with Crippen LogP contribution in [0.25, 0.3) is 11.0 Å². The second kappa shape index (κ2) is 7.30. The second-order valence-corrected chi connectivity index (χ2v) is 6.95. The van der Waals surface area contributed by atoms with E-state index in [-0.39, 0.29) is 11.9 Å². The molecule has 1 N–H and O–H groups in total. The number of nitrogens with one attached hydrogen (secondary N) is 1. The molecule has 5 heteroatoms. The van der Waals surface area contributed by atoms with Gasteiger partial charge < -0.3 is 9.88 Å². The minimum atomic E-state index is 0.208. The maximum Gasteiger partial charge on any atom is 0.223 e. The number of H-pyrrole nitrogens is 1. The first-order valence-electron chi connectivity index (χ1n) is 9.17. The summed E-state index contributed by atoms with van der Waals surface area (Å²) in [5.74, 6) is 1.09. The Bertz CT molecular complexity index is 856. The fourth-order valence-corrected chi connectivity index (χ4v) is 3.64. The van der Waals surface area contributed by atoms with E-state index in [2.05, 4.69) is 46.2 Å². The largest absolute Gasteiger partial charge is 0.342 e. The monoisotopic (exact) mass is 348 g/mol. The number of likely N-dealkylation sites (N-methyl/N-ethyl adjacent to an activating group) is 1. The summed E-state index contributed by atoms with van der Waals surface area (Å²) in [6, 6.07) is 18.7. The summed E-state index contributed by atoms with van der Waals surface area (Å²) in [4.78, 5) is 24.9. The van der Waals surface area contributed by atoms with Crippen molar-refractivity contribution >= 4 is 16.9 Å². The van der Waals surface area contributed by atoms with Crippen molar-refractivity contribution in [1.29, 1.82) is 0 Å². The number of carbonyl (C=O) groups excluding carboxylic acids is 1. The zero-order valence-electron chi connectivity index (χ0n) is 15.1. The van der Waals surface area contributed by atoms with Gasteiger partial charge in [0, 0.05) is 32.5 Å². The third-order valence-corrected chi connectivity index (χ3v) is 5.20. The zero-order chi connectivity index (χ0) is 17.9. The molecule has 0 unspecified atom stereocenters. The number of fused-ring (bicyclic) bond motifs is 1. The van der Waals surface area contributed by atoms with Crippen LogP contribution in [0, 0.1) is 0 Å². The fraction of sp³-hybridized carbons (Fsp3) is 0.333. The van der Waals surface area contributed by atoms with Gasteiger partial charge in [-0.1, -0.05) is 42.5 Å². The Labute approximate surface area is 153 Å². The van der Waals surface area contributed by atoms with E-state index >= 15 is 0 Å². The standard InChI is InChI=1S/C21H24N4O/c1-24-13-14-25(15-19(24)16-7-3-2-4-8-16)21(26)12-11-20-22-17-9-5-6-10-18(17)23-20/h2-10,19H,11-15H2,1H3,(H,22,23)/t19-/m0/s1. The van der Waals surface area contributed by atoms with E-state index in [1.54, 1.807) is 0 Å². The predicted molar refractivity (Wildman–Crippen MR) is 103 cm³/mol. The highest BCUT2D eigenvalue weighted by Gasteiger charge is 2.28. The maximum atomic E-state index is 12.7. The van der Waals surface area contributed by atoms with Gasteiger partial charge in [-0.15, -0.1) is 0 Å². The number of hydrogen-bond acceptors (Lipinski definition) is 3. The van der Waals surface area contributed by atoms with Gasteiger partial charge in [-0.2, -0.15) is 0 Å². The third kappa shape index (κ3) is 3.48.